The van der Waals surface area contributed by atoms with Crippen LogP contribution in [0.1, 0.15) is 13.3 Å². The Kier molecular flexibility index (Phi) is 8.77. The summed E-state index contributed by atoms with van der Waals surface area (Å²) in [5, 5.41) is 4.94. The van der Waals surface area contributed by atoms with Gasteiger partial charge in [0.25, 0.3) is 0 Å². The minimum atomic E-state index is -3.58. The van der Waals surface area contributed by atoms with E-state index in [-0.39, 0.29) is 42.2 Å². The molecule has 0 radical (unpaired) electrons. The normalized spacial score (nSPS) is 12.0. The number of nitrogens with one attached hydrogen (secondary N) is 3. The Hall–Kier alpha value is -1.68. The van der Waals surface area contributed by atoms with Crippen molar-refractivity contribution in [1.29, 1.82) is 0 Å². The molecule has 0 heterocycles. The second-order valence-corrected chi connectivity index (χ2v) is 6.63. The number of sulfonamides is 1. The summed E-state index contributed by atoms with van der Waals surface area (Å²) in [4.78, 5) is 23.1. The molecule has 23 heavy (non-hydrogen) atoms. The van der Waals surface area contributed by atoms with Crippen LogP contribution in [0.3, 0.4) is 0 Å². The lowest BCUT2D eigenvalue weighted by Crippen LogP contribution is -2.35. The number of carbonyl (C=O) groups excluding carboxylic acids is 2. The topological polar surface area (TPSA) is 130 Å². The van der Waals surface area contributed by atoms with E-state index in [1.807, 2.05) is 0 Å². The van der Waals surface area contributed by atoms with Crippen LogP contribution in [0.25, 0.3) is 0 Å². The first-order valence-corrected chi connectivity index (χ1v) is 8.08. The van der Waals surface area contributed by atoms with Gasteiger partial charge in [0, 0.05) is 18.2 Å². The summed E-state index contributed by atoms with van der Waals surface area (Å²) in [5.74, 6) is -0.784. The van der Waals surface area contributed by atoms with Crippen molar-refractivity contribution in [3.8, 4) is 0 Å². The van der Waals surface area contributed by atoms with Gasteiger partial charge >= 0.3 is 0 Å². The summed E-state index contributed by atoms with van der Waals surface area (Å²) in [7, 11) is -2.28. The lowest BCUT2D eigenvalue weighted by molar-refractivity contribution is -0.124. The van der Waals surface area contributed by atoms with Crippen LogP contribution in [0.2, 0.25) is 0 Å². The van der Waals surface area contributed by atoms with E-state index in [1.54, 1.807) is 13.0 Å². The van der Waals surface area contributed by atoms with Crippen LogP contribution in [0, 0.1) is 0 Å². The molecule has 1 unspecified atom stereocenters. The van der Waals surface area contributed by atoms with E-state index in [2.05, 4.69) is 15.4 Å². The van der Waals surface area contributed by atoms with Crippen molar-refractivity contribution in [2.24, 2.45) is 5.73 Å². The summed E-state index contributed by atoms with van der Waals surface area (Å²) < 4.78 is 25.5. The Morgan fingerprint density at radius 1 is 1.26 bits per heavy atom. The SMILES string of the molecule is CNS(=O)(=O)c1cccc(NC(=O)CNC(=O)CC(C)N)c1.Cl. The molecule has 0 saturated heterocycles. The minimum Gasteiger partial charge on any atom is -0.347 e. The minimum absolute atomic E-state index is 0. The van der Waals surface area contributed by atoms with E-state index in [0.29, 0.717) is 5.69 Å². The number of amides is 2. The maximum atomic E-state index is 11.7. The molecular formula is C13H21ClN4O4S. The highest BCUT2D eigenvalue weighted by atomic mass is 35.5. The summed E-state index contributed by atoms with van der Waals surface area (Å²) in [6, 6.07) is 5.51. The lowest BCUT2D eigenvalue weighted by atomic mass is 10.2. The predicted molar refractivity (Wildman–Crippen MR) is 89.8 cm³/mol. The smallest absolute Gasteiger partial charge is 0.243 e. The van der Waals surface area contributed by atoms with Crippen molar-refractivity contribution in [3.63, 3.8) is 0 Å². The average molecular weight is 365 g/mol. The molecule has 130 valence electrons. The molecule has 0 spiro atoms. The van der Waals surface area contributed by atoms with E-state index in [1.165, 1.54) is 25.2 Å². The summed E-state index contributed by atoms with van der Waals surface area (Å²) >= 11 is 0. The van der Waals surface area contributed by atoms with E-state index in [9.17, 15) is 18.0 Å². The average Bonchev–Trinajstić information content (AvgIpc) is 2.45. The largest absolute Gasteiger partial charge is 0.347 e. The van der Waals surface area contributed by atoms with Gasteiger partial charge in [-0.05, 0) is 32.2 Å². The lowest BCUT2D eigenvalue weighted by Gasteiger charge is -2.09. The molecule has 1 rings (SSSR count). The molecule has 1 aromatic carbocycles. The van der Waals surface area contributed by atoms with Gasteiger partial charge in [-0.3, -0.25) is 9.59 Å². The van der Waals surface area contributed by atoms with Gasteiger partial charge in [0.2, 0.25) is 21.8 Å². The number of nitrogens with two attached hydrogens (primary N) is 1. The van der Waals surface area contributed by atoms with Crippen LogP contribution in [0.5, 0.6) is 0 Å². The number of carbonyl (C=O) groups is 2. The number of rotatable bonds is 7. The second kappa shape index (κ2) is 9.46. The monoisotopic (exact) mass is 364 g/mol. The Morgan fingerprint density at radius 2 is 1.91 bits per heavy atom. The predicted octanol–water partition coefficient (Wildman–Crippen LogP) is -0.191. The van der Waals surface area contributed by atoms with Crippen molar-refractivity contribution in [2.45, 2.75) is 24.3 Å². The molecule has 0 aliphatic rings. The molecule has 0 saturated carbocycles. The van der Waals surface area contributed by atoms with Gasteiger partial charge in [-0.1, -0.05) is 6.07 Å². The number of benzene rings is 1. The van der Waals surface area contributed by atoms with Crippen LogP contribution in [-0.4, -0.2) is 39.9 Å². The fraction of sp³-hybridized carbons (Fsp3) is 0.385. The molecule has 8 nitrogen and oxygen atoms in total. The highest BCUT2D eigenvalue weighted by molar-refractivity contribution is 7.89. The van der Waals surface area contributed by atoms with Crippen molar-refractivity contribution >= 4 is 39.9 Å². The Morgan fingerprint density at radius 3 is 2.48 bits per heavy atom. The zero-order valence-corrected chi connectivity index (χ0v) is 14.5. The Balaban J connectivity index is 0.00000484. The molecule has 10 heteroatoms. The third kappa shape index (κ3) is 7.42. The van der Waals surface area contributed by atoms with Gasteiger partial charge in [-0.25, -0.2) is 13.1 Å². The van der Waals surface area contributed by atoms with Crippen LogP contribution in [0.15, 0.2) is 29.2 Å². The summed E-state index contributed by atoms with van der Waals surface area (Å²) in [5.41, 5.74) is 5.79. The Bertz CT molecular complexity index is 649. The molecule has 0 aromatic heterocycles. The van der Waals surface area contributed by atoms with Crippen molar-refractivity contribution < 1.29 is 18.0 Å². The summed E-state index contributed by atoms with van der Waals surface area (Å²) in [6.45, 7) is 1.47. The number of hydrogen-bond donors (Lipinski definition) is 4. The molecule has 5 N–H and O–H groups in total. The van der Waals surface area contributed by atoms with E-state index < -0.39 is 15.9 Å². The van der Waals surface area contributed by atoms with Gasteiger partial charge < -0.3 is 16.4 Å². The molecule has 1 atom stereocenters. The third-order valence-electron chi connectivity index (χ3n) is 2.65. The zero-order chi connectivity index (χ0) is 16.8. The third-order valence-corrected chi connectivity index (χ3v) is 4.06. The molecule has 2 amide bonds. The fourth-order valence-corrected chi connectivity index (χ4v) is 2.38. The van der Waals surface area contributed by atoms with Crippen LogP contribution in [0.4, 0.5) is 5.69 Å². The second-order valence-electron chi connectivity index (χ2n) is 4.74. The first kappa shape index (κ1) is 21.3. The first-order valence-electron chi connectivity index (χ1n) is 6.60. The quantitative estimate of drug-likeness (QED) is 0.532. The van der Waals surface area contributed by atoms with Gasteiger partial charge in [0.1, 0.15) is 0 Å². The van der Waals surface area contributed by atoms with Gasteiger partial charge in [0.05, 0.1) is 11.4 Å². The van der Waals surface area contributed by atoms with Crippen LogP contribution in [-0.2, 0) is 19.6 Å². The van der Waals surface area contributed by atoms with Gasteiger partial charge in [-0.15, -0.1) is 12.4 Å². The van der Waals surface area contributed by atoms with E-state index >= 15 is 0 Å². The summed E-state index contributed by atoms with van der Waals surface area (Å²) in [6.07, 6.45) is 0.128. The number of anilines is 1. The van der Waals surface area contributed by atoms with Crippen molar-refractivity contribution in [3.05, 3.63) is 24.3 Å². The molecule has 0 aliphatic heterocycles. The van der Waals surface area contributed by atoms with Crippen LogP contribution < -0.4 is 21.1 Å². The van der Waals surface area contributed by atoms with Gasteiger partial charge in [-0.2, -0.15) is 0 Å². The zero-order valence-electron chi connectivity index (χ0n) is 12.8. The molecule has 0 fully saturated rings. The molecular weight excluding hydrogens is 344 g/mol. The number of hydrogen-bond acceptors (Lipinski definition) is 5. The van der Waals surface area contributed by atoms with Crippen molar-refractivity contribution in [1.82, 2.24) is 10.0 Å². The Labute approximate surface area is 141 Å². The van der Waals surface area contributed by atoms with Crippen molar-refractivity contribution in [2.75, 3.05) is 18.9 Å². The molecule has 0 bridgehead atoms. The van der Waals surface area contributed by atoms with Crippen LogP contribution >= 0.6 is 12.4 Å². The standard InChI is InChI=1S/C13H20N4O4S.ClH/c1-9(14)6-12(18)16-8-13(19)17-10-4-3-5-11(7-10)22(20,21)15-2;/h3-5,7,9,15H,6,8,14H2,1-2H3,(H,16,18)(H,17,19);1H. The maximum Gasteiger partial charge on any atom is 0.243 e. The maximum absolute atomic E-state index is 11.7. The van der Waals surface area contributed by atoms with Gasteiger partial charge in [0.15, 0.2) is 0 Å². The number of halogens is 1. The molecule has 0 aliphatic carbocycles. The molecule has 1 aromatic rings. The van der Waals surface area contributed by atoms with E-state index in [4.69, 9.17) is 5.73 Å². The van der Waals surface area contributed by atoms with E-state index in [0.717, 1.165) is 0 Å². The highest BCUT2D eigenvalue weighted by Crippen LogP contribution is 2.14. The first-order chi connectivity index (χ1) is 10.2. The fourth-order valence-electron chi connectivity index (χ4n) is 1.61. The highest BCUT2D eigenvalue weighted by Gasteiger charge is 2.12.